The number of carboxylic acid groups (broad SMARTS) is 1. The van der Waals surface area contributed by atoms with E-state index in [1.165, 1.54) is 12.1 Å². The molecule has 2 aromatic carbocycles. The predicted octanol–water partition coefficient (Wildman–Crippen LogP) is 3.84. The number of hydrogen-bond acceptors (Lipinski definition) is 7. The summed E-state index contributed by atoms with van der Waals surface area (Å²) in [6, 6.07) is 13.2. The molecule has 1 aliphatic rings. The highest BCUT2D eigenvalue weighted by Crippen LogP contribution is 2.29. The molecular formula is C30H30F4N4O6S. The number of ether oxygens (including phenoxy) is 1. The molecule has 1 aliphatic heterocycles. The highest BCUT2D eigenvalue weighted by Gasteiger charge is 2.38. The van der Waals surface area contributed by atoms with Gasteiger partial charge in [0.1, 0.15) is 17.7 Å². The van der Waals surface area contributed by atoms with Crippen LogP contribution in [0.15, 0.2) is 54.6 Å². The number of amidine groups is 1. The second-order valence-electron chi connectivity index (χ2n) is 9.80. The fourth-order valence-corrected chi connectivity index (χ4v) is 5.50. The van der Waals surface area contributed by atoms with Crippen molar-refractivity contribution in [2.45, 2.75) is 44.9 Å². The van der Waals surface area contributed by atoms with Crippen molar-refractivity contribution in [3.8, 4) is 0 Å². The van der Waals surface area contributed by atoms with Gasteiger partial charge in [-0.15, -0.1) is 11.3 Å². The number of alkyl halides is 3. The first-order valence-corrected chi connectivity index (χ1v) is 14.3. The van der Waals surface area contributed by atoms with Crippen molar-refractivity contribution >= 4 is 40.9 Å². The summed E-state index contributed by atoms with van der Waals surface area (Å²) in [6.07, 6.45) is -4.04. The molecule has 0 saturated carbocycles. The minimum atomic E-state index is -5.08. The Labute approximate surface area is 259 Å². The van der Waals surface area contributed by atoms with E-state index in [1.807, 2.05) is 6.07 Å². The number of esters is 1. The number of halogens is 4. The summed E-state index contributed by atoms with van der Waals surface area (Å²) in [5.41, 5.74) is 8.01. The number of thiophene rings is 1. The third kappa shape index (κ3) is 10.1. The number of nitrogens with one attached hydrogen (secondary N) is 2. The minimum Gasteiger partial charge on any atom is -0.475 e. The van der Waals surface area contributed by atoms with Gasteiger partial charge in [-0.1, -0.05) is 24.3 Å². The van der Waals surface area contributed by atoms with Gasteiger partial charge < -0.3 is 25.8 Å². The zero-order valence-electron chi connectivity index (χ0n) is 23.9. The third-order valence-corrected chi connectivity index (χ3v) is 7.75. The number of nitrogen functional groups attached to an aromatic ring is 1. The van der Waals surface area contributed by atoms with E-state index in [4.69, 9.17) is 25.8 Å². The van der Waals surface area contributed by atoms with E-state index in [0.717, 1.165) is 15.3 Å². The Morgan fingerprint density at radius 1 is 1.09 bits per heavy atom. The molecule has 0 fully saturated rings. The molecule has 2 heterocycles. The van der Waals surface area contributed by atoms with Crippen molar-refractivity contribution < 1.29 is 46.6 Å². The van der Waals surface area contributed by atoms with E-state index >= 15 is 0 Å². The zero-order valence-corrected chi connectivity index (χ0v) is 24.8. The largest absolute Gasteiger partial charge is 0.490 e. The first-order chi connectivity index (χ1) is 21.2. The lowest BCUT2D eigenvalue weighted by Gasteiger charge is -2.31. The Hall–Kier alpha value is -4.79. The molecule has 10 nitrogen and oxygen atoms in total. The average molecular weight is 651 g/mol. The van der Waals surface area contributed by atoms with Crippen LogP contribution >= 0.6 is 11.3 Å². The van der Waals surface area contributed by atoms with Crippen molar-refractivity contribution in [1.29, 1.82) is 5.41 Å². The highest BCUT2D eigenvalue weighted by molar-refractivity contribution is 7.12. The Balaban J connectivity index is 0.000000707. The first-order valence-electron chi connectivity index (χ1n) is 13.5. The number of nitrogens with zero attached hydrogens (tertiary/aromatic N) is 1. The van der Waals surface area contributed by atoms with E-state index in [0.29, 0.717) is 42.8 Å². The molecule has 2 amide bonds. The van der Waals surface area contributed by atoms with Crippen molar-refractivity contribution in [1.82, 2.24) is 10.2 Å². The van der Waals surface area contributed by atoms with Gasteiger partial charge in [-0.3, -0.25) is 19.8 Å². The lowest BCUT2D eigenvalue weighted by Crippen LogP contribution is -2.50. The van der Waals surface area contributed by atoms with E-state index in [2.05, 4.69) is 5.32 Å². The van der Waals surface area contributed by atoms with Crippen molar-refractivity contribution in [3.05, 3.63) is 92.4 Å². The first kappa shape index (κ1) is 34.7. The van der Waals surface area contributed by atoms with Crippen LogP contribution in [0.1, 0.15) is 43.7 Å². The molecule has 240 valence electrons. The second-order valence-corrected chi connectivity index (χ2v) is 11.0. The number of carbonyl (C=O) groups excluding carboxylic acids is 3. The van der Waals surface area contributed by atoms with E-state index in [9.17, 15) is 31.9 Å². The summed E-state index contributed by atoms with van der Waals surface area (Å²) in [4.78, 5) is 51.3. The van der Waals surface area contributed by atoms with Gasteiger partial charge in [0.2, 0.25) is 5.91 Å². The van der Waals surface area contributed by atoms with Crippen LogP contribution in [0.25, 0.3) is 0 Å². The third-order valence-electron chi connectivity index (χ3n) is 6.51. The zero-order chi connectivity index (χ0) is 33.3. The maximum atomic E-state index is 13.7. The normalized spacial score (nSPS) is 13.0. The quantitative estimate of drug-likeness (QED) is 0.118. The van der Waals surface area contributed by atoms with Crippen molar-refractivity contribution in [3.63, 3.8) is 0 Å². The number of carboxylic acids is 1. The number of carbonyl (C=O) groups is 4. The van der Waals surface area contributed by atoms with Gasteiger partial charge in [0.25, 0.3) is 5.91 Å². The summed E-state index contributed by atoms with van der Waals surface area (Å²) in [6.45, 7) is 2.95. The Bertz CT molecular complexity index is 1540. The predicted molar refractivity (Wildman–Crippen MR) is 156 cm³/mol. The number of fused-ring (bicyclic) bond motifs is 1. The van der Waals surface area contributed by atoms with Gasteiger partial charge in [0.05, 0.1) is 13.0 Å². The van der Waals surface area contributed by atoms with E-state index in [-0.39, 0.29) is 36.4 Å². The Morgan fingerprint density at radius 3 is 2.24 bits per heavy atom. The second kappa shape index (κ2) is 15.3. The van der Waals surface area contributed by atoms with Crippen LogP contribution in [-0.4, -0.2) is 65.0 Å². The fourth-order valence-electron chi connectivity index (χ4n) is 4.34. The maximum Gasteiger partial charge on any atom is 0.490 e. The van der Waals surface area contributed by atoms with Gasteiger partial charge in [0.15, 0.2) is 0 Å². The van der Waals surface area contributed by atoms with Crippen LogP contribution in [-0.2, 0) is 44.9 Å². The van der Waals surface area contributed by atoms with Crippen molar-refractivity contribution in [2.24, 2.45) is 5.73 Å². The smallest absolute Gasteiger partial charge is 0.475 e. The molecular weight excluding hydrogens is 620 g/mol. The number of aliphatic carboxylic acids is 1. The molecule has 1 atom stereocenters. The van der Waals surface area contributed by atoms with Crippen LogP contribution in [0.3, 0.4) is 0 Å². The molecule has 5 N–H and O–H groups in total. The van der Waals surface area contributed by atoms with Gasteiger partial charge >= 0.3 is 18.1 Å². The maximum absolute atomic E-state index is 13.7. The van der Waals surface area contributed by atoms with Crippen LogP contribution in [0.2, 0.25) is 0 Å². The molecule has 0 aliphatic carbocycles. The monoisotopic (exact) mass is 650 g/mol. The number of nitrogens with two attached hydrogens (primary N) is 1. The number of hydrogen-bond donors (Lipinski definition) is 4. The Morgan fingerprint density at radius 2 is 1.69 bits per heavy atom. The fraction of sp³-hybridized carbons (Fsp3) is 0.300. The van der Waals surface area contributed by atoms with E-state index in [1.54, 1.807) is 59.6 Å². The Kier molecular flexibility index (Phi) is 11.8. The summed E-state index contributed by atoms with van der Waals surface area (Å²) in [5.74, 6) is -4.21. The van der Waals surface area contributed by atoms with Crippen LogP contribution < -0.4 is 11.1 Å². The van der Waals surface area contributed by atoms with Gasteiger partial charge in [0, 0.05) is 40.4 Å². The van der Waals surface area contributed by atoms with Crippen molar-refractivity contribution in [2.75, 3.05) is 13.2 Å². The highest BCUT2D eigenvalue weighted by atomic mass is 32.1. The number of rotatable bonds is 9. The average Bonchev–Trinajstić information content (AvgIpc) is 3.38. The lowest BCUT2D eigenvalue weighted by molar-refractivity contribution is -0.192. The lowest BCUT2D eigenvalue weighted by atomic mass is 10.0. The van der Waals surface area contributed by atoms with Gasteiger partial charge in [-0.2, -0.15) is 13.2 Å². The molecule has 15 heteroatoms. The summed E-state index contributed by atoms with van der Waals surface area (Å²) < 4.78 is 50.2. The van der Waals surface area contributed by atoms with Gasteiger partial charge in [-0.05, 0) is 54.8 Å². The molecule has 4 rings (SSSR count). The number of amides is 2. The molecule has 0 unspecified atom stereocenters. The molecule has 1 aromatic heterocycles. The van der Waals surface area contributed by atoms with E-state index < -0.39 is 24.1 Å². The SMILES string of the molecule is CCOC(=O)Cc1cc2c(s1)CCN(C(=O)[C@H](Cc1ccc(F)cc1)NC(=O)c1ccc(C(=N)N)cc1)C2.O=C(O)C(F)(F)F. The minimum absolute atomic E-state index is 0.107. The van der Waals surface area contributed by atoms with Crippen LogP contribution in [0.4, 0.5) is 17.6 Å². The van der Waals surface area contributed by atoms with Gasteiger partial charge in [-0.25, -0.2) is 9.18 Å². The molecule has 0 spiro atoms. The number of benzene rings is 2. The summed E-state index contributed by atoms with van der Waals surface area (Å²) in [5, 5.41) is 17.5. The van der Waals surface area contributed by atoms with Crippen LogP contribution in [0.5, 0.6) is 0 Å². The summed E-state index contributed by atoms with van der Waals surface area (Å²) >= 11 is 1.56. The summed E-state index contributed by atoms with van der Waals surface area (Å²) in [7, 11) is 0. The molecule has 0 radical (unpaired) electrons. The molecule has 3 aromatic rings. The molecule has 45 heavy (non-hydrogen) atoms. The molecule has 0 bridgehead atoms. The van der Waals surface area contributed by atoms with Crippen LogP contribution in [0, 0.1) is 11.2 Å². The standard InChI is InChI=1S/C28H29FN4O4S.C2HF3O2/c1-2-37-25(34)15-22-14-20-16-33(12-11-24(20)38-22)28(36)23(13-17-3-9-21(29)10-4-17)32-27(35)19-7-5-18(6-8-19)26(30)31;3-2(4,5)1(6)7/h3-10,14,23H,2,11-13,15-16H2,1H3,(H3,30,31)(H,32,35);(H,6,7)/t23-;/m0./s1. The molecule has 0 saturated heterocycles. The topological polar surface area (TPSA) is 163 Å².